The lowest BCUT2D eigenvalue weighted by atomic mass is 9.95. The molecule has 1 aromatic rings. The van der Waals surface area contributed by atoms with Crippen LogP contribution in [0.25, 0.3) is 0 Å². The summed E-state index contributed by atoms with van der Waals surface area (Å²) in [6.45, 7) is 4.28. The Kier molecular flexibility index (Phi) is 5.80. The topological polar surface area (TPSA) is 154 Å². The van der Waals surface area contributed by atoms with Crippen molar-refractivity contribution >= 4 is 41.1 Å². The van der Waals surface area contributed by atoms with Crippen molar-refractivity contribution in [3.63, 3.8) is 0 Å². The maximum Gasteiger partial charge on any atom is 0.327 e. The van der Waals surface area contributed by atoms with Gasteiger partial charge in [0.2, 0.25) is 17.7 Å². The lowest BCUT2D eigenvalue weighted by Gasteiger charge is -2.44. The fourth-order valence-electron chi connectivity index (χ4n) is 4.52. The predicted octanol–water partition coefficient (Wildman–Crippen LogP) is -0.190. The number of carboxylic acid groups (broad SMARTS) is 1. The molecule has 11 heteroatoms. The van der Waals surface area contributed by atoms with E-state index in [4.69, 9.17) is 5.73 Å². The van der Waals surface area contributed by atoms with Crippen molar-refractivity contribution in [2.24, 2.45) is 0 Å². The number of nitrogens with one attached hydrogen (secondary N) is 3. The smallest absolute Gasteiger partial charge is 0.327 e. The van der Waals surface area contributed by atoms with Gasteiger partial charge in [-0.3, -0.25) is 14.4 Å². The van der Waals surface area contributed by atoms with Crippen molar-refractivity contribution in [3.8, 4) is 0 Å². The van der Waals surface area contributed by atoms with Crippen molar-refractivity contribution in [1.82, 2.24) is 20.9 Å². The normalized spacial score (nSPS) is 29.1. The van der Waals surface area contributed by atoms with Gasteiger partial charge in [-0.1, -0.05) is 12.1 Å². The summed E-state index contributed by atoms with van der Waals surface area (Å²) in [7, 11) is 0. The molecule has 3 fully saturated rings. The molecule has 0 aromatic heterocycles. The van der Waals surface area contributed by atoms with Gasteiger partial charge in [-0.05, 0) is 50.9 Å². The Labute approximate surface area is 189 Å². The third kappa shape index (κ3) is 3.90. The van der Waals surface area contributed by atoms with E-state index >= 15 is 0 Å². The van der Waals surface area contributed by atoms with E-state index in [1.165, 1.54) is 16.7 Å². The number of hydrogen-bond acceptors (Lipinski definition) is 7. The van der Waals surface area contributed by atoms with E-state index in [0.29, 0.717) is 17.7 Å². The first kappa shape index (κ1) is 22.4. The van der Waals surface area contributed by atoms with E-state index in [1.54, 1.807) is 38.1 Å². The van der Waals surface area contributed by atoms with E-state index in [0.717, 1.165) is 13.0 Å². The zero-order valence-corrected chi connectivity index (χ0v) is 18.6. The number of thioether (sulfide) groups is 1. The molecule has 0 saturated carbocycles. The number of β-lactam (4-membered cyclic amide) rings is 1. The monoisotopic (exact) mass is 461 g/mol. The van der Waals surface area contributed by atoms with E-state index in [1.807, 2.05) is 0 Å². The molecule has 3 heterocycles. The van der Waals surface area contributed by atoms with Crippen LogP contribution in [0.1, 0.15) is 38.3 Å². The fourth-order valence-corrected chi connectivity index (χ4v) is 6.15. The third-order valence-electron chi connectivity index (χ3n) is 6.17. The lowest BCUT2D eigenvalue weighted by molar-refractivity contribution is -0.161. The number of benzene rings is 1. The minimum atomic E-state index is -1.07. The summed E-state index contributed by atoms with van der Waals surface area (Å²) in [6, 6.07) is 3.39. The van der Waals surface area contributed by atoms with Gasteiger partial charge in [0.1, 0.15) is 23.5 Å². The van der Waals surface area contributed by atoms with Crippen molar-refractivity contribution in [1.29, 1.82) is 0 Å². The largest absolute Gasteiger partial charge is 0.480 e. The second-order valence-electron chi connectivity index (χ2n) is 8.84. The van der Waals surface area contributed by atoms with Gasteiger partial charge in [0.05, 0.1) is 6.04 Å². The summed E-state index contributed by atoms with van der Waals surface area (Å²) in [5, 5.41) is 17.7. The molecule has 4 rings (SSSR count). The highest BCUT2D eigenvalue weighted by molar-refractivity contribution is 8.01. The molecule has 3 unspecified atom stereocenters. The van der Waals surface area contributed by atoms with E-state index in [2.05, 4.69) is 16.0 Å². The molecule has 32 heavy (non-hydrogen) atoms. The molecule has 0 radical (unpaired) electrons. The van der Waals surface area contributed by atoms with E-state index in [9.17, 15) is 24.3 Å². The number of carboxylic acids is 1. The SMILES string of the molecule is CC1(C)S[C@@H]2C(NC(=O)C(NC(=O)C3CCCN3)c3ccc(N)cc3)C(=O)N2[C@H]1C(=O)O. The number of nitrogens with two attached hydrogens (primary N) is 1. The highest BCUT2D eigenvalue weighted by atomic mass is 32.2. The Bertz CT molecular complexity index is 946. The maximum absolute atomic E-state index is 13.2. The standard InChI is InChI=1S/C21H27N5O5S/c1-21(2)15(20(30)31)26-18(29)14(19(26)32-21)25-17(28)13(10-5-7-11(22)8-6-10)24-16(27)12-4-3-9-23-12/h5-8,12-15,19,23H,3-4,9,22H2,1-2H3,(H,24,27)(H,25,28)(H,30,31)/t12?,13?,14?,15-,19+/m0/s1. The first-order valence-corrected chi connectivity index (χ1v) is 11.4. The summed E-state index contributed by atoms with van der Waals surface area (Å²) in [4.78, 5) is 51.7. The number of fused-ring (bicyclic) bond motifs is 1. The van der Waals surface area contributed by atoms with Gasteiger partial charge in [-0.15, -0.1) is 11.8 Å². The Balaban J connectivity index is 1.51. The van der Waals surface area contributed by atoms with Gasteiger partial charge in [-0.2, -0.15) is 0 Å². The van der Waals surface area contributed by atoms with Crippen molar-refractivity contribution in [2.75, 3.05) is 12.3 Å². The first-order chi connectivity index (χ1) is 15.1. The zero-order valence-electron chi connectivity index (χ0n) is 17.8. The molecule has 172 valence electrons. The molecule has 10 nitrogen and oxygen atoms in total. The van der Waals surface area contributed by atoms with Gasteiger partial charge >= 0.3 is 5.97 Å². The minimum absolute atomic E-state index is 0.289. The number of rotatable bonds is 6. The minimum Gasteiger partial charge on any atom is -0.480 e. The molecule has 3 saturated heterocycles. The van der Waals surface area contributed by atoms with Crippen molar-refractivity contribution < 1.29 is 24.3 Å². The van der Waals surface area contributed by atoms with Crippen LogP contribution in [0.3, 0.4) is 0 Å². The Morgan fingerprint density at radius 3 is 2.56 bits per heavy atom. The molecular weight excluding hydrogens is 434 g/mol. The van der Waals surface area contributed by atoms with Gasteiger partial charge in [-0.25, -0.2) is 4.79 Å². The Hall–Kier alpha value is -2.79. The highest BCUT2D eigenvalue weighted by Gasteiger charge is 2.64. The second kappa shape index (κ2) is 8.28. The number of carbonyl (C=O) groups is 4. The molecule has 0 bridgehead atoms. The summed E-state index contributed by atoms with van der Waals surface area (Å²) in [6.07, 6.45) is 1.56. The molecule has 3 amide bonds. The van der Waals surface area contributed by atoms with Gasteiger partial charge in [0.15, 0.2) is 0 Å². The predicted molar refractivity (Wildman–Crippen MR) is 118 cm³/mol. The average molecular weight is 462 g/mol. The van der Waals surface area contributed by atoms with Gasteiger partial charge in [0, 0.05) is 10.4 Å². The number of hydrogen-bond donors (Lipinski definition) is 5. The first-order valence-electron chi connectivity index (χ1n) is 10.5. The quantitative estimate of drug-likeness (QED) is 0.289. The Morgan fingerprint density at radius 2 is 1.97 bits per heavy atom. The van der Waals surface area contributed by atoms with Crippen molar-refractivity contribution in [2.45, 2.75) is 61.0 Å². The number of nitrogens with zero attached hydrogens (tertiary/aromatic N) is 1. The maximum atomic E-state index is 13.2. The number of carbonyl (C=O) groups excluding carboxylic acids is 3. The molecular formula is C21H27N5O5S. The molecule has 6 N–H and O–H groups in total. The number of aliphatic carboxylic acids is 1. The molecule has 3 aliphatic heterocycles. The Morgan fingerprint density at radius 1 is 1.28 bits per heavy atom. The second-order valence-corrected chi connectivity index (χ2v) is 10.6. The molecule has 5 atom stereocenters. The van der Waals surface area contributed by atoms with Crippen LogP contribution >= 0.6 is 11.8 Å². The highest BCUT2D eigenvalue weighted by Crippen LogP contribution is 2.50. The fraction of sp³-hybridized carbons (Fsp3) is 0.524. The number of nitrogen functional groups attached to an aromatic ring is 1. The lowest BCUT2D eigenvalue weighted by Crippen LogP contribution is -2.71. The number of amides is 3. The van der Waals surface area contributed by atoms with Crippen LogP contribution in [0.2, 0.25) is 0 Å². The summed E-state index contributed by atoms with van der Waals surface area (Å²) in [5.41, 5.74) is 6.81. The zero-order chi connectivity index (χ0) is 23.2. The average Bonchev–Trinajstić information content (AvgIpc) is 3.35. The summed E-state index contributed by atoms with van der Waals surface area (Å²) < 4.78 is -0.690. The van der Waals surface area contributed by atoms with Crippen molar-refractivity contribution in [3.05, 3.63) is 29.8 Å². The van der Waals surface area contributed by atoms with E-state index in [-0.39, 0.29) is 11.9 Å². The molecule has 0 aliphatic carbocycles. The number of anilines is 1. The van der Waals surface area contributed by atoms with Gasteiger partial charge in [0.25, 0.3) is 0 Å². The molecule has 3 aliphatic rings. The van der Waals surface area contributed by atoms with Crippen LogP contribution in [0.4, 0.5) is 5.69 Å². The van der Waals surface area contributed by atoms with Crippen LogP contribution in [0.15, 0.2) is 24.3 Å². The van der Waals surface area contributed by atoms with Crippen LogP contribution in [0, 0.1) is 0 Å². The summed E-state index contributed by atoms with van der Waals surface area (Å²) >= 11 is 1.35. The van der Waals surface area contributed by atoms with E-state index < -0.39 is 46.0 Å². The van der Waals surface area contributed by atoms with Crippen LogP contribution in [-0.4, -0.2) is 68.5 Å². The van der Waals surface area contributed by atoms with Crippen LogP contribution < -0.4 is 21.7 Å². The van der Waals surface area contributed by atoms with Crippen LogP contribution in [-0.2, 0) is 19.2 Å². The summed E-state index contributed by atoms with van der Waals surface area (Å²) in [5.74, 6) is -2.33. The van der Waals surface area contributed by atoms with Gasteiger partial charge < -0.3 is 31.7 Å². The third-order valence-corrected chi connectivity index (χ3v) is 7.74. The van der Waals surface area contributed by atoms with Crippen LogP contribution in [0.5, 0.6) is 0 Å². The molecule has 1 aromatic carbocycles. The molecule has 0 spiro atoms.